The second-order valence-electron chi connectivity index (χ2n) is 14.3. The standard InChI is InChI=1S/C50H27F6N5/c51-49(52,53)37-17-13-32(14-18-37)39-25-36(44-27-43(34-7-3-1-4-8-34)59-48(60-44)35-9-5-2-6-10-35)26-40(33-15-19-38(20-16-33)50(54,55)56)47(39)61-45-21-11-30(28-57)23-41(45)42-24-31(29-58)12-22-46(42)61/h1-27H. The fourth-order valence-electron chi connectivity index (χ4n) is 7.61. The van der Waals surface area contributed by atoms with Crippen LogP contribution in [0.3, 0.4) is 0 Å². The molecule has 9 rings (SSSR count). The van der Waals surface area contributed by atoms with E-state index in [1.165, 1.54) is 24.3 Å². The Morgan fingerprint density at radius 1 is 0.426 bits per heavy atom. The lowest BCUT2D eigenvalue weighted by Crippen LogP contribution is -2.06. The van der Waals surface area contributed by atoms with Gasteiger partial charge in [0, 0.05) is 38.6 Å². The molecule has 0 radical (unpaired) electrons. The Hall–Kier alpha value is -8.02. The van der Waals surface area contributed by atoms with Gasteiger partial charge in [-0.15, -0.1) is 0 Å². The number of hydrogen-bond donors (Lipinski definition) is 0. The summed E-state index contributed by atoms with van der Waals surface area (Å²) in [6.45, 7) is 0. The van der Waals surface area contributed by atoms with Gasteiger partial charge in [0.15, 0.2) is 5.82 Å². The Kier molecular flexibility index (Phi) is 9.45. The summed E-state index contributed by atoms with van der Waals surface area (Å²) >= 11 is 0. The number of benzene rings is 7. The van der Waals surface area contributed by atoms with Crippen LogP contribution in [0.2, 0.25) is 0 Å². The molecule has 0 fully saturated rings. The first-order valence-electron chi connectivity index (χ1n) is 18.8. The molecule has 2 aromatic heterocycles. The first-order chi connectivity index (χ1) is 29.4. The molecular weight excluding hydrogens is 785 g/mol. The quantitative estimate of drug-likeness (QED) is 0.157. The number of rotatable bonds is 6. The highest BCUT2D eigenvalue weighted by Gasteiger charge is 2.32. The van der Waals surface area contributed by atoms with E-state index in [1.54, 1.807) is 42.5 Å². The fourth-order valence-corrected chi connectivity index (χ4v) is 7.61. The number of halogens is 6. The summed E-state index contributed by atoms with van der Waals surface area (Å²) in [4.78, 5) is 9.92. The van der Waals surface area contributed by atoms with Crippen molar-refractivity contribution in [2.75, 3.05) is 0 Å². The van der Waals surface area contributed by atoms with Crippen molar-refractivity contribution < 1.29 is 26.3 Å². The van der Waals surface area contributed by atoms with Gasteiger partial charge in [-0.3, -0.25) is 0 Å². The van der Waals surface area contributed by atoms with Gasteiger partial charge in [-0.1, -0.05) is 84.9 Å². The van der Waals surface area contributed by atoms with Crippen LogP contribution in [0, 0.1) is 22.7 Å². The lowest BCUT2D eigenvalue weighted by atomic mass is 9.90. The van der Waals surface area contributed by atoms with Crippen molar-refractivity contribution in [1.82, 2.24) is 14.5 Å². The van der Waals surface area contributed by atoms with Crippen LogP contribution in [-0.2, 0) is 12.4 Å². The van der Waals surface area contributed by atoms with Crippen molar-refractivity contribution in [1.29, 1.82) is 10.5 Å². The van der Waals surface area contributed by atoms with Crippen molar-refractivity contribution >= 4 is 21.8 Å². The first kappa shape index (κ1) is 38.5. The van der Waals surface area contributed by atoms with Gasteiger partial charge in [0.05, 0.1) is 62.5 Å². The second-order valence-corrected chi connectivity index (χ2v) is 14.3. The summed E-state index contributed by atoms with van der Waals surface area (Å²) in [7, 11) is 0. The lowest BCUT2D eigenvalue weighted by Gasteiger charge is -2.22. The van der Waals surface area contributed by atoms with E-state index in [0.717, 1.165) is 35.4 Å². The van der Waals surface area contributed by atoms with E-state index >= 15 is 0 Å². The van der Waals surface area contributed by atoms with Crippen LogP contribution in [0.25, 0.3) is 83.6 Å². The molecule has 0 unspecified atom stereocenters. The maximum Gasteiger partial charge on any atom is 0.416 e. The van der Waals surface area contributed by atoms with Crippen LogP contribution >= 0.6 is 0 Å². The number of hydrogen-bond acceptors (Lipinski definition) is 4. The molecule has 2 heterocycles. The molecule has 7 aromatic carbocycles. The number of fused-ring (bicyclic) bond motifs is 3. The van der Waals surface area contributed by atoms with Gasteiger partial charge in [-0.25, -0.2) is 9.97 Å². The zero-order chi connectivity index (χ0) is 42.5. The van der Waals surface area contributed by atoms with E-state index in [4.69, 9.17) is 9.97 Å². The molecule has 0 aliphatic heterocycles. The number of alkyl halides is 6. The predicted molar refractivity (Wildman–Crippen MR) is 223 cm³/mol. The smallest absolute Gasteiger partial charge is 0.308 e. The van der Waals surface area contributed by atoms with Crippen LogP contribution in [0.5, 0.6) is 0 Å². The van der Waals surface area contributed by atoms with Crippen LogP contribution in [0.4, 0.5) is 26.3 Å². The summed E-state index contributed by atoms with van der Waals surface area (Å²) in [5.74, 6) is 0.400. The Balaban J connectivity index is 1.43. The van der Waals surface area contributed by atoms with Gasteiger partial charge >= 0.3 is 12.4 Å². The number of nitrogens with zero attached hydrogens (tertiary/aromatic N) is 5. The van der Waals surface area contributed by atoms with Crippen molar-refractivity contribution in [3.05, 3.63) is 186 Å². The zero-order valence-corrected chi connectivity index (χ0v) is 31.6. The van der Waals surface area contributed by atoms with Crippen molar-refractivity contribution in [3.8, 4) is 74.0 Å². The SMILES string of the molecule is N#Cc1ccc2c(c1)c1cc(C#N)ccc1n2-c1c(-c2ccc(C(F)(F)F)cc2)cc(-c2cc(-c3ccccc3)nc(-c3ccccc3)n2)cc1-c1ccc(C(F)(F)F)cc1. The highest BCUT2D eigenvalue weighted by atomic mass is 19.4. The van der Waals surface area contributed by atoms with Crippen molar-refractivity contribution in [2.24, 2.45) is 0 Å². The summed E-state index contributed by atoms with van der Waals surface area (Å²) in [5, 5.41) is 21.0. The minimum atomic E-state index is -4.62. The van der Waals surface area contributed by atoms with Gasteiger partial charge < -0.3 is 4.57 Å². The minimum Gasteiger partial charge on any atom is -0.308 e. The normalized spacial score (nSPS) is 11.7. The van der Waals surface area contributed by atoms with Gasteiger partial charge in [-0.2, -0.15) is 36.9 Å². The summed E-state index contributed by atoms with van der Waals surface area (Å²) in [6, 6.07) is 48.0. The molecule has 0 amide bonds. The molecule has 61 heavy (non-hydrogen) atoms. The molecule has 0 aliphatic rings. The number of nitriles is 2. The average Bonchev–Trinajstić information content (AvgIpc) is 3.60. The van der Waals surface area contributed by atoms with Gasteiger partial charge in [0.1, 0.15) is 0 Å². The molecule has 0 spiro atoms. The van der Waals surface area contributed by atoms with E-state index in [-0.39, 0.29) is 0 Å². The molecule has 0 bridgehead atoms. The third kappa shape index (κ3) is 7.23. The maximum atomic E-state index is 14.0. The van der Waals surface area contributed by atoms with Crippen LogP contribution in [0.15, 0.2) is 164 Å². The third-order valence-electron chi connectivity index (χ3n) is 10.5. The molecule has 0 aliphatic carbocycles. The van der Waals surface area contributed by atoms with Crippen LogP contribution in [0.1, 0.15) is 22.3 Å². The monoisotopic (exact) mass is 811 g/mol. The second kappa shape index (κ2) is 15.0. The highest BCUT2D eigenvalue weighted by Crippen LogP contribution is 2.45. The van der Waals surface area contributed by atoms with E-state index < -0.39 is 23.5 Å². The Morgan fingerprint density at radius 3 is 1.28 bits per heavy atom. The van der Waals surface area contributed by atoms with Crippen LogP contribution < -0.4 is 0 Å². The Bertz CT molecular complexity index is 3000. The molecule has 0 saturated carbocycles. The fraction of sp³-hybridized carbons (Fsp3) is 0.0400. The first-order valence-corrected chi connectivity index (χ1v) is 18.8. The Labute approximate surface area is 344 Å². The summed E-state index contributed by atoms with van der Waals surface area (Å²) < 4.78 is 85.9. The summed E-state index contributed by atoms with van der Waals surface area (Å²) in [5.41, 5.74) is 5.22. The molecule has 9 aromatic rings. The molecule has 11 heteroatoms. The molecule has 294 valence electrons. The average molecular weight is 812 g/mol. The van der Waals surface area contributed by atoms with Gasteiger partial charge in [-0.05, 0) is 90.0 Å². The van der Waals surface area contributed by atoms with Gasteiger partial charge in [0.25, 0.3) is 0 Å². The maximum absolute atomic E-state index is 14.0. The molecule has 0 saturated heterocycles. The molecule has 0 N–H and O–H groups in total. The predicted octanol–water partition coefficient (Wildman–Crippen LogP) is 13.7. The van der Waals surface area contributed by atoms with Gasteiger partial charge in [0.2, 0.25) is 0 Å². The lowest BCUT2D eigenvalue weighted by molar-refractivity contribution is -0.138. The van der Waals surface area contributed by atoms with E-state index in [1.807, 2.05) is 77.4 Å². The molecule has 0 atom stereocenters. The van der Waals surface area contributed by atoms with Crippen molar-refractivity contribution in [2.45, 2.75) is 12.4 Å². The Morgan fingerprint density at radius 2 is 0.852 bits per heavy atom. The molecule has 5 nitrogen and oxygen atoms in total. The van der Waals surface area contributed by atoms with E-state index in [2.05, 4.69) is 12.1 Å². The minimum absolute atomic E-state index is 0.349. The highest BCUT2D eigenvalue weighted by molar-refractivity contribution is 6.11. The number of aromatic nitrogens is 3. The van der Waals surface area contributed by atoms with Crippen molar-refractivity contribution in [3.63, 3.8) is 0 Å². The molecular formula is C50H27F6N5. The topological polar surface area (TPSA) is 78.3 Å². The summed E-state index contributed by atoms with van der Waals surface area (Å²) in [6.07, 6.45) is -9.25. The third-order valence-corrected chi connectivity index (χ3v) is 10.5. The van der Waals surface area contributed by atoms with E-state index in [9.17, 15) is 36.9 Å². The largest absolute Gasteiger partial charge is 0.416 e. The zero-order valence-electron chi connectivity index (χ0n) is 31.6. The van der Waals surface area contributed by atoms with Crippen LogP contribution in [-0.4, -0.2) is 14.5 Å². The van der Waals surface area contributed by atoms with E-state index in [0.29, 0.717) is 83.6 Å².